The molecule has 0 aromatic heterocycles. The maximum Gasteiger partial charge on any atom is 0.129 e. The van der Waals surface area contributed by atoms with E-state index in [0.29, 0.717) is 0 Å². The van der Waals surface area contributed by atoms with Crippen molar-refractivity contribution >= 4 is 13.8 Å². The lowest BCUT2D eigenvalue weighted by Crippen LogP contribution is -2.43. The predicted octanol–water partition coefficient (Wildman–Crippen LogP) is 2.52. The molecule has 3 nitrogen and oxygen atoms in total. The molecule has 0 amide bonds. The number of benzene rings is 1. The number of hydrogen-bond donors (Lipinski definition) is 2. The highest BCUT2D eigenvalue weighted by atomic mass is 28.3. The molecule has 2 rings (SSSR count). The third-order valence-corrected chi connectivity index (χ3v) is 5.06. The molecule has 1 saturated heterocycles. The number of hydrogen-bond acceptors (Lipinski definition) is 3. The lowest BCUT2D eigenvalue weighted by atomic mass is 9.97. The normalized spacial score (nSPS) is 16.2. The Morgan fingerprint density at radius 3 is 2.41 bits per heavy atom. The Labute approximate surface area is 136 Å². The van der Waals surface area contributed by atoms with Gasteiger partial charge >= 0.3 is 0 Å². The molecule has 1 fully saturated rings. The minimum absolute atomic E-state index is 0.910. The molecule has 0 bridgehead atoms. The number of rotatable bonds is 2. The van der Waals surface area contributed by atoms with Crippen LogP contribution in [0.3, 0.4) is 0 Å². The van der Waals surface area contributed by atoms with Crippen molar-refractivity contribution in [1.29, 1.82) is 0 Å². The summed E-state index contributed by atoms with van der Waals surface area (Å²) in [6, 6.07) is 2.26. The lowest BCUT2D eigenvalue weighted by Gasteiger charge is -2.28. The van der Waals surface area contributed by atoms with Crippen LogP contribution in [0.15, 0.2) is 6.07 Å². The molecule has 3 N–H and O–H groups in total. The monoisotopic (exact) mass is 315 g/mol. The summed E-state index contributed by atoms with van der Waals surface area (Å²) in [6.45, 7) is 16.4. The van der Waals surface area contributed by atoms with Crippen LogP contribution in [0.5, 0.6) is 0 Å². The fourth-order valence-electron chi connectivity index (χ4n) is 2.65. The van der Waals surface area contributed by atoms with E-state index in [0.717, 1.165) is 49.5 Å². The molecule has 1 aromatic carbocycles. The fraction of sp³-hybridized carbons (Fsp3) is 0.556. The van der Waals surface area contributed by atoms with E-state index in [-0.39, 0.29) is 0 Å². The van der Waals surface area contributed by atoms with E-state index >= 15 is 0 Å². The zero-order valence-corrected chi connectivity index (χ0v) is 15.6. The van der Waals surface area contributed by atoms with Crippen molar-refractivity contribution in [3.63, 3.8) is 0 Å². The van der Waals surface area contributed by atoms with Gasteiger partial charge in [-0.05, 0) is 36.6 Å². The van der Waals surface area contributed by atoms with Crippen LogP contribution in [0.4, 0.5) is 5.69 Å². The summed E-state index contributed by atoms with van der Waals surface area (Å²) < 4.78 is 0. The summed E-state index contributed by atoms with van der Waals surface area (Å²) in [5.74, 6) is 3.40. The first kappa shape index (κ1) is 17.1. The Balaban J connectivity index is 2.33. The van der Waals surface area contributed by atoms with Gasteiger partial charge in [-0.2, -0.15) is 0 Å². The van der Waals surface area contributed by atoms with Gasteiger partial charge in [-0.3, -0.25) is 4.90 Å². The van der Waals surface area contributed by atoms with Crippen LogP contribution in [0.1, 0.15) is 22.3 Å². The molecule has 120 valence electrons. The zero-order valence-electron chi connectivity index (χ0n) is 14.6. The van der Waals surface area contributed by atoms with Gasteiger partial charge in [0, 0.05) is 44.0 Å². The largest absolute Gasteiger partial charge is 0.398 e. The van der Waals surface area contributed by atoms with Crippen molar-refractivity contribution < 1.29 is 0 Å². The Kier molecular flexibility index (Phi) is 5.33. The van der Waals surface area contributed by atoms with Gasteiger partial charge in [0.05, 0.1) is 0 Å². The molecule has 1 aliphatic rings. The van der Waals surface area contributed by atoms with Crippen molar-refractivity contribution in [1.82, 2.24) is 10.2 Å². The number of nitrogens with one attached hydrogen (secondary N) is 1. The highest BCUT2D eigenvalue weighted by Crippen LogP contribution is 2.25. The first-order valence-corrected chi connectivity index (χ1v) is 11.6. The molecule has 1 aromatic rings. The van der Waals surface area contributed by atoms with E-state index < -0.39 is 8.07 Å². The van der Waals surface area contributed by atoms with Gasteiger partial charge in [0.15, 0.2) is 0 Å². The van der Waals surface area contributed by atoms with E-state index in [4.69, 9.17) is 5.73 Å². The second-order valence-corrected chi connectivity index (χ2v) is 12.0. The number of nitrogen functional groups attached to an aromatic ring is 1. The van der Waals surface area contributed by atoms with Crippen molar-refractivity contribution in [3.8, 4) is 11.5 Å². The average molecular weight is 316 g/mol. The van der Waals surface area contributed by atoms with Gasteiger partial charge in [0.25, 0.3) is 0 Å². The molecule has 0 spiro atoms. The van der Waals surface area contributed by atoms with Gasteiger partial charge in [-0.1, -0.05) is 25.6 Å². The predicted molar refractivity (Wildman–Crippen MR) is 98.7 cm³/mol. The fourth-order valence-corrected chi connectivity index (χ4v) is 3.16. The quantitative estimate of drug-likeness (QED) is 0.500. The summed E-state index contributed by atoms with van der Waals surface area (Å²) in [6.07, 6.45) is 0. The van der Waals surface area contributed by atoms with Crippen molar-refractivity contribution in [2.24, 2.45) is 0 Å². The van der Waals surface area contributed by atoms with Crippen LogP contribution in [0, 0.1) is 25.3 Å². The Hall–Kier alpha value is -1.28. The van der Waals surface area contributed by atoms with E-state index in [1.165, 1.54) is 11.1 Å². The molecule has 0 radical (unpaired) electrons. The van der Waals surface area contributed by atoms with Gasteiger partial charge in [-0.15, -0.1) is 5.54 Å². The van der Waals surface area contributed by atoms with Crippen molar-refractivity contribution in [2.75, 3.05) is 31.9 Å². The van der Waals surface area contributed by atoms with Crippen LogP contribution in [0.2, 0.25) is 19.6 Å². The molecule has 1 aliphatic heterocycles. The van der Waals surface area contributed by atoms with Crippen LogP contribution >= 0.6 is 0 Å². The van der Waals surface area contributed by atoms with Crippen molar-refractivity contribution in [2.45, 2.75) is 40.0 Å². The van der Waals surface area contributed by atoms with Crippen LogP contribution < -0.4 is 11.1 Å². The zero-order chi connectivity index (χ0) is 16.3. The number of piperazine rings is 1. The molecule has 0 unspecified atom stereocenters. The second-order valence-electron chi connectivity index (χ2n) is 7.27. The van der Waals surface area contributed by atoms with Gasteiger partial charge in [0.1, 0.15) is 8.07 Å². The molecule has 0 saturated carbocycles. The second kappa shape index (κ2) is 6.87. The maximum atomic E-state index is 6.34. The van der Waals surface area contributed by atoms with Crippen LogP contribution in [-0.4, -0.2) is 39.2 Å². The Bertz CT molecular complexity index is 599. The van der Waals surface area contributed by atoms with Crippen LogP contribution in [0.25, 0.3) is 0 Å². The first-order chi connectivity index (χ1) is 10.3. The minimum atomic E-state index is -1.37. The first-order valence-electron chi connectivity index (χ1n) is 8.13. The molecule has 0 aliphatic carbocycles. The summed E-state index contributed by atoms with van der Waals surface area (Å²) in [5, 5.41) is 3.40. The minimum Gasteiger partial charge on any atom is -0.398 e. The molecule has 1 heterocycles. The number of nitrogens with two attached hydrogens (primary N) is 1. The van der Waals surface area contributed by atoms with E-state index in [1.807, 2.05) is 0 Å². The van der Waals surface area contributed by atoms with E-state index in [9.17, 15) is 0 Å². The number of anilines is 1. The average Bonchev–Trinajstić information content (AvgIpc) is 2.47. The number of nitrogens with zero attached hydrogens (tertiary/aromatic N) is 1. The third-order valence-electron chi connectivity index (χ3n) is 4.19. The highest BCUT2D eigenvalue weighted by molar-refractivity contribution is 6.83. The standard InChI is InChI=1S/C18H29N3Si/c1-14-16(6-11-22(3,4)5)12-17(15(2)18(14)19)13-21-9-7-20-8-10-21/h12,20H,7-10,13,19H2,1-5H3. The molecular formula is C18H29N3Si. The Morgan fingerprint density at radius 1 is 1.18 bits per heavy atom. The van der Waals surface area contributed by atoms with Gasteiger partial charge in [0.2, 0.25) is 0 Å². The van der Waals surface area contributed by atoms with Gasteiger partial charge < -0.3 is 11.1 Å². The maximum absolute atomic E-state index is 6.34. The summed E-state index contributed by atoms with van der Waals surface area (Å²) in [7, 11) is -1.37. The van der Waals surface area contributed by atoms with E-state index in [2.05, 4.69) is 61.2 Å². The smallest absolute Gasteiger partial charge is 0.129 e. The SMILES string of the molecule is Cc1c(C#C[Si](C)(C)C)cc(CN2CCNCC2)c(C)c1N. The van der Waals surface area contributed by atoms with Crippen molar-refractivity contribution in [3.05, 3.63) is 28.3 Å². The Morgan fingerprint density at radius 2 is 1.82 bits per heavy atom. The highest BCUT2D eigenvalue weighted by Gasteiger charge is 2.15. The topological polar surface area (TPSA) is 41.3 Å². The summed E-state index contributed by atoms with van der Waals surface area (Å²) >= 11 is 0. The summed E-state index contributed by atoms with van der Waals surface area (Å²) in [5.41, 5.74) is 15.5. The lowest BCUT2D eigenvalue weighted by molar-refractivity contribution is 0.233. The molecule has 22 heavy (non-hydrogen) atoms. The van der Waals surface area contributed by atoms with Gasteiger partial charge in [-0.25, -0.2) is 0 Å². The summed E-state index contributed by atoms with van der Waals surface area (Å²) in [4.78, 5) is 2.49. The third kappa shape index (κ3) is 4.36. The van der Waals surface area contributed by atoms with Crippen LogP contribution in [-0.2, 0) is 6.54 Å². The molecule has 0 atom stereocenters. The molecule has 4 heteroatoms. The molecular weight excluding hydrogens is 286 g/mol. The van der Waals surface area contributed by atoms with E-state index in [1.54, 1.807) is 0 Å².